The van der Waals surface area contributed by atoms with Gasteiger partial charge in [0.15, 0.2) is 0 Å². The first-order valence-electron chi connectivity index (χ1n) is 17.2. The molecule has 16 nitrogen and oxygen atoms in total. The minimum Gasteiger partial charge on any atom is -0.488 e. The highest BCUT2D eigenvalue weighted by Gasteiger charge is 2.35. The van der Waals surface area contributed by atoms with Gasteiger partial charge in [0.1, 0.15) is 49.5 Å². The SMILES string of the molecule is COC(=O)NCC(=O)N1CCC[C@H]1c1ncc(-c2cc3c4c(c2)OCc2cc(-c5cnc([C@@H]6CCCN6C(=O)CNC(=O)OC)[nH]5)cc(c2-4)OC3)[nH]1. The molecule has 4 N–H and O–H groups in total. The van der Waals surface area contributed by atoms with Crippen molar-refractivity contribution in [1.29, 1.82) is 0 Å². The van der Waals surface area contributed by atoms with Crippen LogP contribution in [0.5, 0.6) is 11.5 Å². The number of hydrogen-bond acceptors (Lipinski definition) is 10. The number of nitrogens with zero attached hydrogens (tertiary/aromatic N) is 4. The van der Waals surface area contributed by atoms with Crippen molar-refractivity contribution in [3.63, 3.8) is 0 Å². The second kappa shape index (κ2) is 13.6. The fourth-order valence-electron chi connectivity index (χ4n) is 7.64. The number of carbonyl (C=O) groups excluding carboxylic acids is 4. The van der Waals surface area contributed by atoms with Crippen LogP contribution in [0.15, 0.2) is 36.7 Å². The number of aromatic nitrogens is 4. The first kappa shape index (κ1) is 33.1. The maximum Gasteiger partial charge on any atom is 0.407 e. The molecule has 16 heteroatoms. The molecule has 2 fully saturated rings. The van der Waals surface area contributed by atoms with E-state index in [-0.39, 0.29) is 37.0 Å². The van der Waals surface area contributed by atoms with Crippen LogP contribution in [0.25, 0.3) is 33.6 Å². The van der Waals surface area contributed by atoms with Gasteiger partial charge >= 0.3 is 12.2 Å². The van der Waals surface area contributed by atoms with E-state index in [0.717, 1.165) is 82.0 Å². The summed E-state index contributed by atoms with van der Waals surface area (Å²) in [7, 11) is 2.52. The van der Waals surface area contributed by atoms with Crippen molar-refractivity contribution in [2.24, 2.45) is 0 Å². The second-order valence-corrected chi connectivity index (χ2v) is 13.1. The lowest BCUT2D eigenvalue weighted by molar-refractivity contribution is -0.132. The number of carbonyl (C=O) groups is 4. The van der Waals surface area contributed by atoms with Crippen molar-refractivity contribution in [3.05, 3.63) is 59.4 Å². The molecule has 4 aliphatic rings. The largest absolute Gasteiger partial charge is 0.488 e. The van der Waals surface area contributed by atoms with Gasteiger partial charge in [-0.05, 0) is 49.9 Å². The third-order valence-electron chi connectivity index (χ3n) is 10.1. The summed E-state index contributed by atoms with van der Waals surface area (Å²) in [6, 6.07) is 7.74. The van der Waals surface area contributed by atoms with Crippen LogP contribution in [0, 0.1) is 0 Å². The molecule has 8 rings (SSSR count). The number of ether oxygens (including phenoxy) is 4. The number of hydrogen-bond donors (Lipinski definition) is 4. The summed E-state index contributed by atoms with van der Waals surface area (Å²) in [4.78, 5) is 68.3. The highest BCUT2D eigenvalue weighted by atomic mass is 16.5. The molecule has 2 saturated heterocycles. The maximum absolute atomic E-state index is 12.9. The number of methoxy groups -OCH3 is 2. The van der Waals surface area contributed by atoms with Crippen molar-refractivity contribution in [3.8, 4) is 45.1 Å². The molecule has 2 atom stereocenters. The van der Waals surface area contributed by atoms with E-state index in [9.17, 15) is 19.2 Å². The molecule has 0 radical (unpaired) electrons. The second-order valence-electron chi connectivity index (χ2n) is 13.1. The van der Waals surface area contributed by atoms with Gasteiger partial charge in [-0.2, -0.15) is 0 Å². The first-order chi connectivity index (χ1) is 25.3. The van der Waals surface area contributed by atoms with E-state index in [4.69, 9.17) is 9.47 Å². The van der Waals surface area contributed by atoms with Crippen LogP contribution in [-0.4, -0.2) is 94.1 Å². The Hall–Kier alpha value is -6.06. The number of aromatic amines is 2. The van der Waals surface area contributed by atoms with Gasteiger partial charge in [0.05, 0.1) is 50.1 Å². The van der Waals surface area contributed by atoms with Crippen LogP contribution >= 0.6 is 0 Å². The normalized spacial score (nSPS) is 18.3. The van der Waals surface area contributed by atoms with Crippen LogP contribution < -0.4 is 20.1 Å². The van der Waals surface area contributed by atoms with E-state index in [1.165, 1.54) is 14.2 Å². The lowest BCUT2D eigenvalue weighted by Crippen LogP contribution is -2.40. The first-order valence-corrected chi connectivity index (χ1v) is 17.2. The Morgan fingerprint density at radius 1 is 0.731 bits per heavy atom. The van der Waals surface area contributed by atoms with Gasteiger partial charge in [-0.3, -0.25) is 9.59 Å². The van der Waals surface area contributed by atoms with Crippen molar-refractivity contribution in [2.45, 2.75) is 51.0 Å². The maximum atomic E-state index is 12.9. The predicted molar refractivity (Wildman–Crippen MR) is 184 cm³/mol. The quantitative estimate of drug-likeness (QED) is 0.208. The fraction of sp³-hybridized carbons (Fsp3) is 0.389. The lowest BCUT2D eigenvalue weighted by atomic mass is 9.87. The van der Waals surface area contributed by atoms with Crippen LogP contribution in [0.1, 0.15) is 60.5 Å². The molecule has 2 aromatic heterocycles. The molecule has 0 bridgehead atoms. The van der Waals surface area contributed by atoms with Gasteiger partial charge in [-0.25, -0.2) is 19.6 Å². The minimum atomic E-state index is -0.648. The molecule has 0 saturated carbocycles. The molecule has 0 spiro atoms. The zero-order valence-electron chi connectivity index (χ0n) is 28.7. The van der Waals surface area contributed by atoms with Gasteiger partial charge in [0, 0.05) is 46.5 Å². The van der Waals surface area contributed by atoms with E-state index >= 15 is 0 Å². The van der Waals surface area contributed by atoms with Gasteiger partial charge in [0.2, 0.25) is 11.8 Å². The molecule has 0 aliphatic carbocycles. The van der Waals surface area contributed by atoms with E-state index in [1.54, 1.807) is 22.2 Å². The molecule has 270 valence electrons. The number of nitrogens with one attached hydrogen (secondary N) is 4. The predicted octanol–water partition coefficient (Wildman–Crippen LogP) is 3.96. The third kappa shape index (κ3) is 6.03. The standard InChI is InChI=1S/C36H38N8O8/c1-49-35(47)39-15-29(45)43-7-3-5-25(43)33-37-13-23(41-33)19-9-21-17-52-28-12-20(10-22-18-51-27(11-19)31(21)32(22)28)24-14-38-34(42-24)26-6-4-8-44(26)30(46)16-40-36(48)50-2/h9-14,25-26H,3-8,15-18H2,1-2H3,(H,37,41)(H,38,42)(H,39,47)(H,40,48)/t25-,26-/m0/s1. The van der Waals surface area contributed by atoms with Crippen molar-refractivity contribution in [1.82, 2.24) is 40.4 Å². The topological polar surface area (TPSA) is 193 Å². The Balaban J connectivity index is 1.01. The fourth-order valence-corrected chi connectivity index (χ4v) is 7.64. The Bertz CT molecular complexity index is 1880. The summed E-state index contributed by atoms with van der Waals surface area (Å²) in [6.45, 7) is 1.58. The number of amides is 4. The van der Waals surface area contributed by atoms with Gasteiger partial charge in [-0.15, -0.1) is 0 Å². The summed E-state index contributed by atoms with van der Waals surface area (Å²) < 4.78 is 21.9. The minimum absolute atomic E-state index is 0.142. The molecule has 4 amide bonds. The molecule has 4 aliphatic heterocycles. The molecular weight excluding hydrogens is 672 g/mol. The van der Waals surface area contributed by atoms with Gasteiger partial charge in [0.25, 0.3) is 0 Å². The highest BCUT2D eigenvalue weighted by Crippen LogP contribution is 2.51. The number of likely N-dealkylation sites (tertiary alicyclic amines) is 2. The number of benzene rings is 2. The summed E-state index contributed by atoms with van der Waals surface area (Å²) in [6.07, 6.45) is 5.44. The molecule has 0 unspecified atom stereocenters. The zero-order chi connectivity index (χ0) is 35.9. The lowest BCUT2D eigenvalue weighted by Gasteiger charge is -2.30. The Labute approximate surface area is 298 Å². The zero-order valence-corrected chi connectivity index (χ0v) is 28.7. The van der Waals surface area contributed by atoms with Crippen molar-refractivity contribution in [2.75, 3.05) is 40.4 Å². The number of H-pyrrole nitrogens is 2. The van der Waals surface area contributed by atoms with Crippen molar-refractivity contribution >= 4 is 24.0 Å². The third-order valence-corrected chi connectivity index (χ3v) is 10.1. The summed E-state index contributed by atoms with van der Waals surface area (Å²) in [5.41, 5.74) is 7.40. The summed E-state index contributed by atoms with van der Waals surface area (Å²) in [5, 5.41) is 4.93. The van der Waals surface area contributed by atoms with E-state index < -0.39 is 12.2 Å². The molecular formula is C36H38N8O8. The van der Waals surface area contributed by atoms with Crippen LogP contribution in [-0.2, 0) is 32.3 Å². The highest BCUT2D eigenvalue weighted by molar-refractivity contribution is 5.88. The van der Waals surface area contributed by atoms with Gasteiger partial charge in [-0.1, -0.05) is 0 Å². The molecule has 6 heterocycles. The molecule has 2 aromatic carbocycles. The monoisotopic (exact) mass is 710 g/mol. The number of rotatable bonds is 8. The average molecular weight is 711 g/mol. The van der Waals surface area contributed by atoms with Gasteiger partial charge < -0.3 is 49.3 Å². The number of alkyl carbamates (subject to hydrolysis) is 2. The van der Waals surface area contributed by atoms with E-state index in [0.29, 0.717) is 38.0 Å². The number of imidazole rings is 2. The van der Waals surface area contributed by atoms with E-state index in [1.807, 2.05) is 12.1 Å². The molecule has 52 heavy (non-hydrogen) atoms. The average Bonchev–Trinajstić information content (AvgIpc) is 4.01. The van der Waals surface area contributed by atoms with Crippen LogP contribution in [0.3, 0.4) is 0 Å². The Morgan fingerprint density at radius 2 is 1.17 bits per heavy atom. The van der Waals surface area contributed by atoms with Crippen LogP contribution in [0.2, 0.25) is 0 Å². The summed E-state index contributed by atoms with van der Waals surface area (Å²) >= 11 is 0. The van der Waals surface area contributed by atoms with Crippen molar-refractivity contribution < 1.29 is 38.1 Å². The van der Waals surface area contributed by atoms with E-state index in [2.05, 4.69) is 52.2 Å². The Kier molecular flexibility index (Phi) is 8.64. The summed E-state index contributed by atoms with van der Waals surface area (Å²) in [5.74, 6) is 2.51. The Morgan fingerprint density at radius 3 is 1.60 bits per heavy atom. The smallest absolute Gasteiger partial charge is 0.407 e. The molecule has 4 aromatic rings. The van der Waals surface area contributed by atoms with Crippen LogP contribution in [0.4, 0.5) is 9.59 Å².